The van der Waals surface area contributed by atoms with Gasteiger partial charge in [-0.2, -0.15) is 5.10 Å². The molecule has 0 amide bonds. The highest BCUT2D eigenvalue weighted by Crippen LogP contribution is 2.17. The predicted molar refractivity (Wildman–Crippen MR) is 43.0 cm³/mol. The number of hydrogen-bond acceptors (Lipinski definition) is 2. The Kier molecular flexibility index (Phi) is 1.51. The van der Waals surface area contributed by atoms with Gasteiger partial charge in [0.2, 0.25) is 0 Å². The lowest BCUT2D eigenvalue weighted by atomic mass is 10.1. The average molecular weight is 180 g/mol. The number of H-pyrrole nitrogens is 1. The third-order valence-corrected chi connectivity index (χ3v) is 1.75. The first-order chi connectivity index (χ1) is 6.18. The fourth-order valence-corrected chi connectivity index (χ4v) is 1.19. The van der Waals surface area contributed by atoms with Crippen LogP contribution in [0.5, 0.6) is 0 Å². The number of halogens is 1. The maximum Gasteiger partial charge on any atom is 0.336 e. The molecule has 0 saturated carbocycles. The van der Waals surface area contributed by atoms with Crippen molar-refractivity contribution >= 4 is 16.9 Å². The highest BCUT2D eigenvalue weighted by Gasteiger charge is 2.11. The summed E-state index contributed by atoms with van der Waals surface area (Å²) in [5.41, 5.74) is 0.307. The van der Waals surface area contributed by atoms with Gasteiger partial charge < -0.3 is 5.11 Å². The zero-order valence-corrected chi connectivity index (χ0v) is 6.41. The van der Waals surface area contributed by atoms with E-state index in [0.29, 0.717) is 10.9 Å². The number of carbonyl (C=O) groups is 1. The number of aromatic amines is 1. The molecule has 1 aromatic carbocycles. The summed E-state index contributed by atoms with van der Waals surface area (Å²) in [6.45, 7) is 0. The third-order valence-electron chi connectivity index (χ3n) is 1.75. The second-order valence-electron chi connectivity index (χ2n) is 2.59. The molecule has 13 heavy (non-hydrogen) atoms. The SMILES string of the molecule is O=C(O)c1cc(F)cc2[nH]ncc12. The van der Waals surface area contributed by atoms with E-state index in [2.05, 4.69) is 10.2 Å². The summed E-state index contributed by atoms with van der Waals surface area (Å²) in [5, 5.41) is 15.3. The molecule has 0 bridgehead atoms. The number of aromatic carboxylic acids is 1. The van der Waals surface area contributed by atoms with Gasteiger partial charge in [-0.3, -0.25) is 5.10 Å². The van der Waals surface area contributed by atoms with Crippen molar-refractivity contribution in [2.45, 2.75) is 0 Å². The monoisotopic (exact) mass is 180 g/mol. The average Bonchev–Trinajstić information content (AvgIpc) is 2.49. The van der Waals surface area contributed by atoms with Crippen LogP contribution in [0.2, 0.25) is 0 Å². The predicted octanol–water partition coefficient (Wildman–Crippen LogP) is 1.40. The molecule has 0 atom stereocenters. The van der Waals surface area contributed by atoms with Gasteiger partial charge in [0, 0.05) is 5.39 Å². The summed E-state index contributed by atoms with van der Waals surface area (Å²) in [6.07, 6.45) is 1.36. The highest BCUT2D eigenvalue weighted by molar-refractivity contribution is 6.02. The molecule has 0 saturated heterocycles. The first kappa shape index (κ1) is 7.72. The molecule has 1 aromatic heterocycles. The van der Waals surface area contributed by atoms with Crippen LogP contribution in [0, 0.1) is 5.82 Å². The summed E-state index contributed by atoms with van der Waals surface area (Å²) in [6, 6.07) is 2.18. The second-order valence-corrected chi connectivity index (χ2v) is 2.59. The van der Waals surface area contributed by atoms with Crippen LogP contribution < -0.4 is 0 Å². The molecular weight excluding hydrogens is 175 g/mol. The van der Waals surface area contributed by atoms with E-state index in [1.165, 1.54) is 12.3 Å². The Labute approximate surface area is 72.0 Å². The van der Waals surface area contributed by atoms with Gasteiger partial charge in [0.15, 0.2) is 0 Å². The van der Waals surface area contributed by atoms with Crippen LogP contribution in [0.25, 0.3) is 10.9 Å². The first-order valence-corrected chi connectivity index (χ1v) is 3.54. The standard InChI is InChI=1S/C8H5FN2O2/c9-4-1-5(8(12)13)6-3-10-11-7(6)2-4/h1-3H,(H,10,11)(H,12,13). The molecule has 66 valence electrons. The Morgan fingerprint density at radius 3 is 3.00 bits per heavy atom. The van der Waals surface area contributed by atoms with Crippen LogP contribution in [-0.4, -0.2) is 21.3 Å². The number of carboxylic acid groups (broad SMARTS) is 1. The van der Waals surface area contributed by atoms with Gasteiger partial charge in [-0.25, -0.2) is 9.18 Å². The van der Waals surface area contributed by atoms with Crippen molar-refractivity contribution in [1.29, 1.82) is 0 Å². The molecule has 1 heterocycles. The summed E-state index contributed by atoms with van der Waals surface area (Å²) >= 11 is 0. The topological polar surface area (TPSA) is 66.0 Å². The molecule has 0 fully saturated rings. The van der Waals surface area contributed by atoms with Gasteiger partial charge >= 0.3 is 5.97 Å². The maximum absolute atomic E-state index is 12.8. The Balaban J connectivity index is 2.84. The minimum atomic E-state index is -1.16. The van der Waals surface area contributed by atoms with Gasteiger partial charge in [0.25, 0.3) is 0 Å². The summed E-state index contributed by atoms with van der Waals surface area (Å²) in [7, 11) is 0. The molecule has 0 radical (unpaired) electrons. The van der Waals surface area contributed by atoms with Gasteiger partial charge in [0.05, 0.1) is 17.3 Å². The molecule has 2 aromatic rings. The number of rotatable bonds is 1. The summed E-state index contributed by atoms with van der Waals surface area (Å²) in [4.78, 5) is 10.7. The van der Waals surface area contributed by atoms with E-state index in [4.69, 9.17) is 5.11 Å². The Hall–Kier alpha value is -1.91. The Bertz CT molecular complexity index is 478. The number of benzene rings is 1. The molecule has 0 spiro atoms. The molecule has 2 N–H and O–H groups in total. The lowest BCUT2D eigenvalue weighted by Gasteiger charge is -1.96. The largest absolute Gasteiger partial charge is 0.478 e. The van der Waals surface area contributed by atoms with E-state index < -0.39 is 11.8 Å². The van der Waals surface area contributed by atoms with E-state index in [0.717, 1.165) is 6.07 Å². The van der Waals surface area contributed by atoms with Gasteiger partial charge in [-0.15, -0.1) is 0 Å². The molecule has 0 aliphatic rings. The summed E-state index contributed by atoms with van der Waals surface area (Å²) in [5.74, 6) is -1.75. The van der Waals surface area contributed by atoms with Crippen LogP contribution in [0.15, 0.2) is 18.3 Å². The zero-order valence-electron chi connectivity index (χ0n) is 6.41. The zero-order chi connectivity index (χ0) is 9.42. The Morgan fingerprint density at radius 2 is 2.31 bits per heavy atom. The lowest BCUT2D eigenvalue weighted by molar-refractivity contribution is 0.0698. The van der Waals surface area contributed by atoms with E-state index in [1.54, 1.807) is 0 Å². The molecule has 4 nitrogen and oxygen atoms in total. The van der Waals surface area contributed by atoms with Crippen molar-refractivity contribution in [1.82, 2.24) is 10.2 Å². The van der Waals surface area contributed by atoms with Crippen LogP contribution in [-0.2, 0) is 0 Å². The minimum Gasteiger partial charge on any atom is -0.478 e. The van der Waals surface area contributed by atoms with E-state index >= 15 is 0 Å². The molecule has 2 rings (SSSR count). The van der Waals surface area contributed by atoms with Crippen LogP contribution in [0.4, 0.5) is 4.39 Å². The van der Waals surface area contributed by atoms with E-state index in [9.17, 15) is 9.18 Å². The molecule has 5 heteroatoms. The van der Waals surface area contributed by atoms with Crippen molar-refractivity contribution < 1.29 is 14.3 Å². The van der Waals surface area contributed by atoms with Crippen molar-refractivity contribution in [3.63, 3.8) is 0 Å². The fraction of sp³-hybridized carbons (Fsp3) is 0. The lowest BCUT2D eigenvalue weighted by Crippen LogP contribution is -1.97. The maximum atomic E-state index is 12.8. The van der Waals surface area contributed by atoms with E-state index in [1.807, 2.05) is 0 Å². The van der Waals surface area contributed by atoms with Crippen LogP contribution in [0.1, 0.15) is 10.4 Å². The molecule has 0 aliphatic carbocycles. The molecule has 0 aliphatic heterocycles. The number of carboxylic acids is 1. The molecular formula is C8H5FN2O2. The normalized spacial score (nSPS) is 10.5. The third kappa shape index (κ3) is 1.14. The first-order valence-electron chi connectivity index (χ1n) is 3.54. The minimum absolute atomic E-state index is 0.0799. The number of nitrogens with one attached hydrogen (secondary N) is 1. The Morgan fingerprint density at radius 1 is 1.54 bits per heavy atom. The fourth-order valence-electron chi connectivity index (χ4n) is 1.19. The number of aromatic nitrogens is 2. The second kappa shape index (κ2) is 2.55. The van der Waals surface area contributed by atoms with Crippen LogP contribution in [0.3, 0.4) is 0 Å². The van der Waals surface area contributed by atoms with Crippen molar-refractivity contribution in [2.75, 3.05) is 0 Å². The van der Waals surface area contributed by atoms with Crippen molar-refractivity contribution in [2.24, 2.45) is 0 Å². The smallest absolute Gasteiger partial charge is 0.336 e. The number of nitrogens with zero attached hydrogens (tertiary/aromatic N) is 1. The van der Waals surface area contributed by atoms with E-state index in [-0.39, 0.29) is 5.56 Å². The number of fused-ring (bicyclic) bond motifs is 1. The van der Waals surface area contributed by atoms with Crippen LogP contribution >= 0.6 is 0 Å². The van der Waals surface area contributed by atoms with Crippen molar-refractivity contribution in [3.05, 3.63) is 29.7 Å². The van der Waals surface area contributed by atoms with Gasteiger partial charge in [-0.1, -0.05) is 0 Å². The quantitative estimate of drug-likeness (QED) is 0.697. The number of hydrogen-bond donors (Lipinski definition) is 2. The molecule has 0 unspecified atom stereocenters. The van der Waals surface area contributed by atoms with Crippen molar-refractivity contribution in [3.8, 4) is 0 Å². The van der Waals surface area contributed by atoms with Gasteiger partial charge in [-0.05, 0) is 12.1 Å². The van der Waals surface area contributed by atoms with Gasteiger partial charge in [0.1, 0.15) is 5.82 Å². The summed E-state index contributed by atoms with van der Waals surface area (Å²) < 4.78 is 12.8. The highest BCUT2D eigenvalue weighted by atomic mass is 19.1.